The largest absolute Gasteiger partial charge is 0.497 e. The third-order valence-electron chi connectivity index (χ3n) is 4.82. The summed E-state index contributed by atoms with van der Waals surface area (Å²) < 4.78 is 16.4. The van der Waals surface area contributed by atoms with Crippen LogP contribution >= 0.6 is 0 Å². The highest BCUT2D eigenvalue weighted by atomic mass is 16.6. The smallest absolute Gasteiger partial charge is 0.276 e. The number of allylic oxidation sites excluding steroid dienone is 1. The van der Waals surface area contributed by atoms with Crippen LogP contribution in [0, 0.1) is 10.1 Å². The Morgan fingerprint density at radius 2 is 1.66 bits per heavy atom. The normalized spacial score (nSPS) is 11.4. The summed E-state index contributed by atoms with van der Waals surface area (Å²) in [4.78, 5) is 29.0. The predicted octanol–water partition coefficient (Wildman–Crippen LogP) is 5.18. The summed E-state index contributed by atoms with van der Waals surface area (Å²) in [5.74, 6) is 0.452. The molecule has 0 saturated carbocycles. The van der Waals surface area contributed by atoms with Crippen molar-refractivity contribution in [2.75, 3.05) is 14.2 Å². The summed E-state index contributed by atoms with van der Waals surface area (Å²) in [7, 11) is 2.96. The van der Waals surface area contributed by atoms with E-state index in [-0.39, 0.29) is 28.3 Å². The number of fused-ring (bicyclic) bond motifs is 1. The van der Waals surface area contributed by atoms with Crippen molar-refractivity contribution in [1.29, 1.82) is 0 Å². The van der Waals surface area contributed by atoms with Crippen LogP contribution in [0.2, 0.25) is 0 Å². The zero-order chi connectivity index (χ0) is 22.7. The van der Waals surface area contributed by atoms with Gasteiger partial charge in [-0.1, -0.05) is 24.3 Å². The van der Waals surface area contributed by atoms with Crippen molar-refractivity contribution >= 4 is 34.2 Å². The van der Waals surface area contributed by atoms with E-state index in [4.69, 9.17) is 13.9 Å². The molecule has 4 rings (SSSR count). The second-order valence-corrected chi connectivity index (χ2v) is 6.79. The average molecular weight is 430 g/mol. The summed E-state index contributed by atoms with van der Waals surface area (Å²) in [6.45, 7) is 0. The maximum absolute atomic E-state index is 13.6. The maximum atomic E-state index is 13.6. The van der Waals surface area contributed by atoms with Crippen molar-refractivity contribution in [2.24, 2.45) is 0 Å². The van der Waals surface area contributed by atoms with Crippen LogP contribution in [0.1, 0.15) is 21.8 Å². The Balaban J connectivity index is 1.92. The molecular weight excluding hydrogens is 412 g/mol. The molecule has 0 aliphatic rings. The summed E-state index contributed by atoms with van der Waals surface area (Å²) >= 11 is 0. The van der Waals surface area contributed by atoms with Gasteiger partial charge in [0.05, 0.1) is 30.3 Å². The molecule has 8 nitrogen and oxygen atoms in total. The number of oxazole rings is 1. The maximum Gasteiger partial charge on any atom is 0.276 e. The molecule has 4 aromatic rings. The minimum Gasteiger partial charge on any atom is -0.497 e. The number of carbonyl (C=O) groups excluding carboxylic acids is 1. The molecular formula is C24H18N2O6. The number of ketones is 1. The lowest BCUT2D eigenvalue weighted by Crippen LogP contribution is -2.05. The Morgan fingerprint density at radius 1 is 1.00 bits per heavy atom. The van der Waals surface area contributed by atoms with Crippen LogP contribution in [0.15, 0.2) is 71.1 Å². The van der Waals surface area contributed by atoms with Gasteiger partial charge >= 0.3 is 0 Å². The van der Waals surface area contributed by atoms with E-state index in [0.29, 0.717) is 22.6 Å². The number of para-hydroxylation sites is 3. The first-order valence-electron chi connectivity index (χ1n) is 9.59. The molecule has 32 heavy (non-hydrogen) atoms. The minimum atomic E-state index is -0.505. The first kappa shape index (κ1) is 20.8. The van der Waals surface area contributed by atoms with E-state index in [1.54, 1.807) is 60.7 Å². The molecule has 0 bridgehead atoms. The summed E-state index contributed by atoms with van der Waals surface area (Å²) in [6.07, 6.45) is 1.41. The van der Waals surface area contributed by atoms with E-state index < -0.39 is 10.7 Å². The Morgan fingerprint density at radius 3 is 2.31 bits per heavy atom. The van der Waals surface area contributed by atoms with Crippen molar-refractivity contribution in [2.45, 2.75) is 0 Å². The number of hydrogen-bond donors (Lipinski definition) is 0. The fourth-order valence-electron chi connectivity index (χ4n) is 3.24. The number of rotatable bonds is 7. The average Bonchev–Trinajstić information content (AvgIpc) is 3.25. The number of benzene rings is 3. The summed E-state index contributed by atoms with van der Waals surface area (Å²) in [5, 5.41) is 11.5. The predicted molar refractivity (Wildman–Crippen MR) is 119 cm³/mol. The van der Waals surface area contributed by atoms with Gasteiger partial charge in [-0.3, -0.25) is 14.9 Å². The molecule has 8 heteroatoms. The first-order chi connectivity index (χ1) is 15.5. The van der Waals surface area contributed by atoms with Gasteiger partial charge in [-0.05, 0) is 36.4 Å². The van der Waals surface area contributed by atoms with Crippen molar-refractivity contribution < 1.29 is 23.6 Å². The number of nitro groups is 1. The van der Waals surface area contributed by atoms with Gasteiger partial charge in [-0.25, -0.2) is 4.98 Å². The van der Waals surface area contributed by atoms with Gasteiger partial charge in [0.25, 0.3) is 5.69 Å². The van der Waals surface area contributed by atoms with Gasteiger partial charge in [-0.2, -0.15) is 0 Å². The molecule has 0 amide bonds. The molecule has 0 atom stereocenters. The molecule has 3 aromatic carbocycles. The van der Waals surface area contributed by atoms with E-state index in [0.717, 1.165) is 0 Å². The minimum absolute atomic E-state index is 0.0520. The van der Waals surface area contributed by atoms with Gasteiger partial charge in [0.15, 0.2) is 11.4 Å². The van der Waals surface area contributed by atoms with Crippen molar-refractivity contribution in [3.8, 4) is 11.5 Å². The Kier molecular flexibility index (Phi) is 5.67. The number of aromatic nitrogens is 1. The van der Waals surface area contributed by atoms with Crippen molar-refractivity contribution in [1.82, 2.24) is 4.98 Å². The fourth-order valence-corrected chi connectivity index (χ4v) is 3.24. The SMILES string of the molecule is COc1cc(OC)cc(C(=O)C(=Cc2ccccc2[N+](=O)[O-])c2nc3ccccc3o2)c1. The molecule has 0 aliphatic carbocycles. The van der Waals surface area contributed by atoms with E-state index >= 15 is 0 Å². The van der Waals surface area contributed by atoms with Crippen LogP contribution in [0.4, 0.5) is 5.69 Å². The second-order valence-electron chi connectivity index (χ2n) is 6.79. The highest BCUT2D eigenvalue weighted by molar-refractivity contribution is 6.32. The third-order valence-corrected chi connectivity index (χ3v) is 4.82. The van der Waals surface area contributed by atoms with Crippen LogP contribution in [0.3, 0.4) is 0 Å². The molecule has 0 unspecified atom stereocenters. The lowest BCUT2D eigenvalue weighted by molar-refractivity contribution is -0.385. The van der Waals surface area contributed by atoms with Gasteiger partial charge in [0, 0.05) is 17.7 Å². The quantitative estimate of drug-likeness (QED) is 0.172. The van der Waals surface area contributed by atoms with Crippen LogP contribution in [0.5, 0.6) is 11.5 Å². The molecule has 0 radical (unpaired) electrons. The van der Waals surface area contributed by atoms with Gasteiger partial charge in [-0.15, -0.1) is 0 Å². The molecule has 160 valence electrons. The zero-order valence-corrected chi connectivity index (χ0v) is 17.3. The number of carbonyl (C=O) groups is 1. The second kappa shape index (κ2) is 8.73. The molecule has 1 aromatic heterocycles. The van der Waals surface area contributed by atoms with Crippen molar-refractivity contribution in [3.05, 3.63) is 93.9 Å². The number of nitro benzene ring substituents is 1. The molecule has 0 aliphatic heterocycles. The van der Waals surface area contributed by atoms with E-state index in [1.165, 1.54) is 26.4 Å². The van der Waals surface area contributed by atoms with E-state index in [1.807, 2.05) is 0 Å². The first-order valence-corrected chi connectivity index (χ1v) is 9.59. The summed E-state index contributed by atoms with van der Waals surface area (Å²) in [6, 6.07) is 18.0. The topological polar surface area (TPSA) is 105 Å². The fraction of sp³-hybridized carbons (Fsp3) is 0.0833. The van der Waals surface area contributed by atoms with Gasteiger partial charge in [0.1, 0.15) is 17.0 Å². The number of Topliss-reactive ketones (excluding diaryl/α,β-unsaturated/α-hetero) is 1. The highest BCUT2D eigenvalue weighted by Gasteiger charge is 2.23. The van der Waals surface area contributed by atoms with Crippen LogP contribution in [-0.2, 0) is 0 Å². The Bertz CT molecular complexity index is 1300. The lowest BCUT2D eigenvalue weighted by Gasteiger charge is -2.09. The highest BCUT2D eigenvalue weighted by Crippen LogP contribution is 2.31. The molecule has 0 fully saturated rings. The Labute approximate surface area is 182 Å². The monoisotopic (exact) mass is 430 g/mol. The van der Waals surface area contributed by atoms with Crippen LogP contribution in [-0.4, -0.2) is 29.9 Å². The Hall–Kier alpha value is -4.46. The van der Waals surface area contributed by atoms with E-state index in [2.05, 4.69) is 4.98 Å². The van der Waals surface area contributed by atoms with Gasteiger partial charge < -0.3 is 13.9 Å². The number of methoxy groups -OCH3 is 2. The number of hydrogen-bond acceptors (Lipinski definition) is 7. The molecule has 0 saturated heterocycles. The summed E-state index contributed by atoms with van der Waals surface area (Å²) in [5.41, 5.74) is 1.48. The number of nitrogens with zero attached hydrogens (tertiary/aromatic N) is 2. The molecule has 0 spiro atoms. The lowest BCUT2D eigenvalue weighted by atomic mass is 9.99. The zero-order valence-electron chi connectivity index (χ0n) is 17.3. The standard InChI is InChI=1S/C24H18N2O6/c1-30-17-11-16(12-18(14-17)31-2)23(27)19(13-15-7-3-5-9-21(15)26(28)29)24-25-20-8-4-6-10-22(20)32-24/h3-14H,1-2H3. The molecule has 0 N–H and O–H groups in total. The third kappa shape index (κ3) is 4.06. The van der Waals surface area contributed by atoms with Crippen LogP contribution in [0.25, 0.3) is 22.7 Å². The van der Waals surface area contributed by atoms with Gasteiger partial charge in [0.2, 0.25) is 5.89 Å². The molecule has 1 heterocycles. The van der Waals surface area contributed by atoms with E-state index in [9.17, 15) is 14.9 Å². The van der Waals surface area contributed by atoms with Crippen molar-refractivity contribution in [3.63, 3.8) is 0 Å². The van der Waals surface area contributed by atoms with Crippen LogP contribution < -0.4 is 9.47 Å². The number of ether oxygens (including phenoxy) is 2.